The van der Waals surface area contributed by atoms with E-state index in [2.05, 4.69) is 12.6 Å². The molecule has 1 aromatic heterocycles. The largest absolute Gasteiger partial charge is 0.373 e. The summed E-state index contributed by atoms with van der Waals surface area (Å²) in [6.45, 7) is 9.90. The van der Waals surface area contributed by atoms with Crippen LogP contribution in [-0.4, -0.2) is 9.67 Å². The van der Waals surface area contributed by atoms with Gasteiger partial charge in [0.15, 0.2) is 0 Å². The Morgan fingerprint density at radius 2 is 1.94 bits per heavy atom. The van der Waals surface area contributed by atoms with Gasteiger partial charge < -0.3 is 9.67 Å². The van der Waals surface area contributed by atoms with Crippen LogP contribution in [0.5, 0.6) is 0 Å². The number of aliphatic hydroxyl groups is 1. The average molecular weight is 229 g/mol. The van der Waals surface area contributed by atoms with E-state index in [1.807, 2.05) is 55.8 Å². The van der Waals surface area contributed by atoms with Gasteiger partial charge in [-0.3, -0.25) is 0 Å². The number of aliphatic hydroxyl groups excluding tert-OH is 1. The van der Waals surface area contributed by atoms with Crippen molar-refractivity contribution in [3.8, 4) is 0 Å². The second kappa shape index (κ2) is 4.04. The fourth-order valence-electron chi connectivity index (χ4n) is 2.01. The van der Waals surface area contributed by atoms with Gasteiger partial charge in [0.2, 0.25) is 0 Å². The predicted octanol–water partition coefficient (Wildman–Crippen LogP) is 3.82. The molecule has 1 aromatic carbocycles. The first-order valence-corrected chi connectivity index (χ1v) is 5.85. The molecule has 0 fully saturated rings. The molecule has 1 heterocycles. The van der Waals surface area contributed by atoms with E-state index in [1.165, 1.54) is 0 Å². The molecule has 1 N–H and O–H groups in total. The SMILES string of the molecule is C=Cc1cn([C@H](O)C(C)(C)C)c2ccccc12. The molecule has 0 saturated carbocycles. The quantitative estimate of drug-likeness (QED) is 0.832. The molecule has 1 atom stereocenters. The molecule has 0 aliphatic heterocycles. The summed E-state index contributed by atoms with van der Waals surface area (Å²) in [5, 5.41) is 11.5. The Bertz CT molecular complexity index is 546. The topological polar surface area (TPSA) is 25.2 Å². The van der Waals surface area contributed by atoms with Crippen molar-refractivity contribution >= 4 is 17.0 Å². The van der Waals surface area contributed by atoms with Crippen molar-refractivity contribution in [2.75, 3.05) is 0 Å². The predicted molar refractivity (Wildman–Crippen MR) is 72.7 cm³/mol. The van der Waals surface area contributed by atoms with Crippen molar-refractivity contribution in [1.29, 1.82) is 0 Å². The van der Waals surface area contributed by atoms with Crippen molar-refractivity contribution < 1.29 is 5.11 Å². The smallest absolute Gasteiger partial charge is 0.135 e. The fourth-order valence-corrected chi connectivity index (χ4v) is 2.01. The van der Waals surface area contributed by atoms with Gasteiger partial charge in [-0.1, -0.05) is 51.6 Å². The molecule has 0 unspecified atom stereocenters. The van der Waals surface area contributed by atoms with Crippen LogP contribution in [0.3, 0.4) is 0 Å². The zero-order valence-corrected chi connectivity index (χ0v) is 10.6. The lowest BCUT2D eigenvalue weighted by Gasteiger charge is -2.27. The molecule has 2 aromatic rings. The second-order valence-electron chi connectivity index (χ2n) is 5.45. The summed E-state index contributed by atoms with van der Waals surface area (Å²) in [6.07, 6.45) is 3.25. The van der Waals surface area contributed by atoms with Gasteiger partial charge in [0.05, 0.1) is 5.52 Å². The lowest BCUT2D eigenvalue weighted by Crippen LogP contribution is -2.23. The lowest BCUT2D eigenvalue weighted by molar-refractivity contribution is 0.00361. The minimum absolute atomic E-state index is 0.194. The Balaban J connectivity index is 2.66. The van der Waals surface area contributed by atoms with Crippen LogP contribution < -0.4 is 0 Å². The molecule has 0 aliphatic rings. The van der Waals surface area contributed by atoms with Crippen molar-refractivity contribution in [3.05, 3.63) is 42.6 Å². The third kappa shape index (κ3) is 2.01. The minimum Gasteiger partial charge on any atom is -0.373 e. The molecular formula is C15H19NO. The van der Waals surface area contributed by atoms with Crippen LogP contribution in [-0.2, 0) is 0 Å². The van der Waals surface area contributed by atoms with Crippen LogP contribution in [0.1, 0.15) is 32.6 Å². The van der Waals surface area contributed by atoms with Crippen LogP contribution in [0.2, 0.25) is 0 Å². The molecule has 2 nitrogen and oxygen atoms in total. The molecule has 0 radical (unpaired) electrons. The third-order valence-electron chi connectivity index (χ3n) is 3.03. The Morgan fingerprint density at radius 1 is 1.29 bits per heavy atom. The van der Waals surface area contributed by atoms with E-state index in [-0.39, 0.29) is 5.41 Å². The number of rotatable bonds is 2. The van der Waals surface area contributed by atoms with Gasteiger partial charge >= 0.3 is 0 Å². The highest BCUT2D eigenvalue weighted by atomic mass is 16.3. The molecule has 90 valence electrons. The summed E-state index contributed by atoms with van der Waals surface area (Å²) in [7, 11) is 0. The highest BCUT2D eigenvalue weighted by molar-refractivity contribution is 5.89. The standard InChI is InChI=1S/C15H19NO/c1-5-11-10-16(14(17)15(2,3)4)13-9-7-6-8-12(11)13/h5-10,14,17H,1H2,2-4H3/t14-/m1/s1. The van der Waals surface area contributed by atoms with Gasteiger partial charge in [0, 0.05) is 17.0 Å². The monoisotopic (exact) mass is 229 g/mol. The van der Waals surface area contributed by atoms with Gasteiger partial charge in [0.25, 0.3) is 0 Å². The van der Waals surface area contributed by atoms with Crippen molar-refractivity contribution in [3.63, 3.8) is 0 Å². The number of aromatic nitrogens is 1. The van der Waals surface area contributed by atoms with Crippen molar-refractivity contribution in [1.82, 2.24) is 4.57 Å². The Labute approximate surface area is 102 Å². The average Bonchev–Trinajstić information content (AvgIpc) is 2.65. The summed E-state index contributed by atoms with van der Waals surface area (Å²) < 4.78 is 1.92. The lowest BCUT2D eigenvalue weighted by atomic mass is 9.94. The molecule has 0 aliphatic carbocycles. The number of para-hydroxylation sites is 1. The highest BCUT2D eigenvalue weighted by Crippen LogP contribution is 2.33. The molecule has 0 spiro atoms. The Morgan fingerprint density at radius 3 is 2.53 bits per heavy atom. The van der Waals surface area contributed by atoms with E-state index in [4.69, 9.17) is 0 Å². The zero-order valence-electron chi connectivity index (χ0n) is 10.6. The molecule has 0 saturated heterocycles. The normalized spacial score (nSPS) is 13.9. The molecule has 2 heteroatoms. The van der Waals surface area contributed by atoms with Crippen LogP contribution in [0.4, 0.5) is 0 Å². The van der Waals surface area contributed by atoms with Crippen molar-refractivity contribution in [2.45, 2.75) is 27.0 Å². The van der Waals surface area contributed by atoms with Gasteiger partial charge in [-0.2, -0.15) is 0 Å². The number of benzene rings is 1. The van der Waals surface area contributed by atoms with Crippen LogP contribution in [0.15, 0.2) is 37.0 Å². The number of fused-ring (bicyclic) bond motifs is 1. The van der Waals surface area contributed by atoms with Gasteiger partial charge in [-0.25, -0.2) is 0 Å². The molecule has 17 heavy (non-hydrogen) atoms. The molecule has 0 bridgehead atoms. The third-order valence-corrected chi connectivity index (χ3v) is 3.03. The van der Waals surface area contributed by atoms with Crippen LogP contribution in [0.25, 0.3) is 17.0 Å². The van der Waals surface area contributed by atoms with E-state index in [1.54, 1.807) is 0 Å². The van der Waals surface area contributed by atoms with Crippen molar-refractivity contribution in [2.24, 2.45) is 5.41 Å². The van der Waals surface area contributed by atoms with Gasteiger partial charge in [0.1, 0.15) is 6.23 Å². The maximum atomic E-state index is 10.4. The summed E-state index contributed by atoms with van der Waals surface area (Å²) in [5.41, 5.74) is 1.91. The number of hydrogen-bond acceptors (Lipinski definition) is 1. The summed E-state index contributed by atoms with van der Waals surface area (Å²) in [6, 6.07) is 8.07. The Hall–Kier alpha value is -1.54. The zero-order chi connectivity index (χ0) is 12.6. The molecular weight excluding hydrogens is 210 g/mol. The van der Waals surface area contributed by atoms with Crippen LogP contribution >= 0.6 is 0 Å². The first-order valence-electron chi connectivity index (χ1n) is 5.85. The van der Waals surface area contributed by atoms with E-state index in [0.717, 1.165) is 16.5 Å². The highest BCUT2D eigenvalue weighted by Gasteiger charge is 2.25. The van der Waals surface area contributed by atoms with E-state index in [9.17, 15) is 5.11 Å². The maximum Gasteiger partial charge on any atom is 0.135 e. The first-order chi connectivity index (χ1) is 7.95. The summed E-state index contributed by atoms with van der Waals surface area (Å²) >= 11 is 0. The molecule has 0 amide bonds. The maximum absolute atomic E-state index is 10.4. The van der Waals surface area contributed by atoms with Gasteiger partial charge in [-0.15, -0.1) is 0 Å². The van der Waals surface area contributed by atoms with E-state index in [0.29, 0.717) is 0 Å². The van der Waals surface area contributed by atoms with Crippen LogP contribution in [0, 0.1) is 5.41 Å². The summed E-state index contributed by atoms with van der Waals surface area (Å²) in [5.74, 6) is 0. The number of hydrogen-bond donors (Lipinski definition) is 1. The fraction of sp³-hybridized carbons (Fsp3) is 0.333. The second-order valence-corrected chi connectivity index (χ2v) is 5.45. The van der Waals surface area contributed by atoms with E-state index < -0.39 is 6.23 Å². The minimum atomic E-state index is -0.541. The Kier molecular flexibility index (Phi) is 2.84. The molecule has 2 rings (SSSR count). The van der Waals surface area contributed by atoms with E-state index >= 15 is 0 Å². The number of nitrogens with zero attached hydrogens (tertiary/aromatic N) is 1. The first kappa shape index (κ1) is 11.9. The summed E-state index contributed by atoms with van der Waals surface area (Å²) in [4.78, 5) is 0. The van der Waals surface area contributed by atoms with Gasteiger partial charge in [-0.05, 0) is 11.6 Å².